The minimum absolute atomic E-state index is 0.0226. The molecule has 24 heteroatoms. The molecule has 0 saturated carbocycles. The highest BCUT2D eigenvalue weighted by atomic mass is 32.2. The van der Waals surface area contributed by atoms with E-state index in [-0.39, 0.29) is 4.90 Å². The number of hydrogen-bond acceptors (Lipinski definition) is 20. The molecule has 12 atom stereocenters. The van der Waals surface area contributed by atoms with E-state index in [2.05, 4.69) is 16.0 Å². The number of ether oxygens (including phenoxy) is 9. The van der Waals surface area contributed by atoms with Crippen LogP contribution >= 0.6 is 0 Å². The highest BCUT2D eigenvalue weighted by Crippen LogP contribution is 2.33. The third-order valence-electron chi connectivity index (χ3n) is 8.99. The molecule has 2 aliphatic rings. The summed E-state index contributed by atoms with van der Waals surface area (Å²) in [6, 6.07) is 3.02. The molecule has 3 rings (SSSR count). The molecule has 0 spiro atoms. The van der Waals surface area contributed by atoms with Crippen LogP contribution in [-0.4, -0.2) is 160 Å². The van der Waals surface area contributed by atoms with E-state index < -0.39 is 156 Å². The highest BCUT2D eigenvalue weighted by Gasteiger charge is 2.55. The monoisotopic (exact) mass is 903 g/mol. The van der Waals surface area contributed by atoms with Crippen molar-refractivity contribution in [2.24, 2.45) is 0 Å². The molecule has 0 aromatic heterocycles. The Morgan fingerprint density at radius 3 is 1.76 bits per heavy atom. The Balaban J connectivity index is 1.99. The van der Waals surface area contributed by atoms with Crippen LogP contribution in [0.25, 0.3) is 0 Å². The molecule has 2 heterocycles. The lowest BCUT2D eigenvalue weighted by atomic mass is 9.93. The van der Waals surface area contributed by atoms with E-state index in [9.17, 15) is 51.9 Å². The number of sulfone groups is 1. The summed E-state index contributed by atoms with van der Waals surface area (Å²) in [4.78, 5) is 100.0. The second-order valence-corrected chi connectivity index (χ2v) is 16.3. The predicted molar refractivity (Wildman–Crippen MR) is 205 cm³/mol. The lowest BCUT2D eigenvalue weighted by Crippen LogP contribution is -2.70. The maximum Gasteiger partial charge on any atom is 0.328 e. The van der Waals surface area contributed by atoms with Gasteiger partial charge in [0.1, 0.15) is 68.5 Å². The van der Waals surface area contributed by atoms with Crippen molar-refractivity contribution in [2.45, 2.75) is 134 Å². The first-order chi connectivity index (χ1) is 29.0. The number of esters is 5. The van der Waals surface area contributed by atoms with Gasteiger partial charge in [-0.05, 0) is 26.0 Å². The van der Waals surface area contributed by atoms with Gasteiger partial charge in [0.15, 0.2) is 34.6 Å². The van der Waals surface area contributed by atoms with E-state index in [1.165, 1.54) is 38.1 Å². The summed E-state index contributed by atoms with van der Waals surface area (Å²) >= 11 is 0. The van der Waals surface area contributed by atoms with Gasteiger partial charge in [0.25, 0.3) is 0 Å². The number of aliphatic hydroxyl groups is 1. The van der Waals surface area contributed by atoms with Gasteiger partial charge in [-0.2, -0.15) is 0 Å². The molecule has 62 heavy (non-hydrogen) atoms. The van der Waals surface area contributed by atoms with Gasteiger partial charge in [0.05, 0.1) is 10.6 Å². The van der Waals surface area contributed by atoms with Crippen LogP contribution in [0.1, 0.15) is 55.4 Å². The second kappa shape index (κ2) is 23.3. The third-order valence-corrected chi connectivity index (χ3v) is 10.7. The van der Waals surface area contributed by atoms with Crippen molar-refractivity contribution < 1.29 is 94.5 Å². The summed E-state index contributed by atoms with van der Waals surface area (Å²) in [7, 11) is -3.79. The summed E-state index contributed by atoms with van der Waals surface area (Å²) in [6.45, 7) is 7.11. The minimum Gasteiger partial charge on any atom is -0.463 e. The molecule has 1 aromatic rings. The first-order valence-corrected chi connectivity index (χ1v) is 20.9. The van der Waals surface area contributed by atoms with Gasteiger partial charge in [-0.15, -0.1) is 0 Å². The van der Waals surface area contributed by atoms with E-state index in [4.69, 9.17) is 42.6 Å². The van der Waals surface area contributed by atoms with Gasteiger partial charge in [-0.25, -0.2) is 13.2 Å². The number of nitrogens with one attached hydrogen (secondary N) is 3. The molecule has 346 valence electrons. The number of hydrogen-bond donors (Lipinski definition) is 4. The molecule has 0 bridgehead atoms. The molecule has 3 amide bonds. The number of amides is 3. The van der Waals surface area contributed by atoms with Crippen molar-refractivity contribution >= 4 is 57.4 Å². The van der Waals surface area contributed by atoms with Gasteiger partial charge in [-0.3, -0.25) is 33.6 Å². The Morgan fingerprint density at radius 2 is 1.23 bits per heavy atom. The molecule has 2 aliphatic heterocycles. The van der Waals surface area contributed by atoms with Crippen LogP contribution in [-0.2, 0) is 90.8 Å². The summed E-state index contributed by atoms with van der Waals surface area (Å²) in [5.41, 5.74) is 0. The molecule has 2 saturated heterocycles. The Morgan fingerprint density at radius 1 is 0.694 bits per heavy atom. The fraction of sp³-hybridized carbons (Fsp3) is 0.632. The molecular weight excluding hydrogens is 850 g/mol. The Kier molecular flexibility index (Phi) is 19.2. The van der Waals surface area contributed by atoms with Crippen molar-refractivity contribution in [3.63, 3.8) is 0 Å². The molecule has 0 radical (unpaired) electrons. The smallest absolute Gasteiger partial charge is 0.328 e. The Bertz CT molecular complexity index is 1880. The van der Waals surface area contributed by atoms with Crippen LogP contribution in [0.2, 0.25) is 0 Å². The number of benzene rings is 1. The van der Waals surface area contributed by atoms with Crippen LogP contribution in [0.3, 0.4) is 0 Å². The molecule has 4 N–H and O–H groups in total. The number of rotatable bonds is 19. The van der Waals surface area contributed by atoms with E-state index in [0.29, 0.717) is 0 Å². The number of aliphatic hydroxyl groups excluding tert-OH is 1. The number of carbonyl (C=O) groups is 8. The Labute approximate surface area is 356 Å². The first-order valence-electron chi connectivity index (χ1n) is 19.2. The molecule has 0 aliphatic carbocycles. The van der Waals surface area contributed by atoms with Gasteiger partial charge >= 0.3 is 29.8 Å². The van der Waals surface area contributed by atoms with Gasteiger partial charge < -0.3 is 63.7 Å². The minimum atomic E-state index is -3.79. The van der Waals surface area contributed by atoms with Crippen LogP contribution < -0.4 is 16.0 Å². The van der Waals surface area contributed by atoms with Crippen molar-refractivity contribution in [1.29, 1.82) is 0 Å². The summed E-state index contributed by atoms with van der Waals surface area (Å²) in [5.74, 6) is -7.31. The molecule has 1 aromatic carbocycles. The van der Waals surface area contributed by atoms with E-state index in [1.807, 2.05) is 0 Å². The van der Waals surface area contributed by atoms with Crippen molar-refractivity contribution in [1.82, 2.24) is 16.0 Å². The van der Waals surface area contributed by atoms with Crippen molar-refractivity contribution in [3.8, 4) is 0 Å². The molecule has 2 fully saturated rings. The fourth-order valence-electron chi connectivity index (χ4n) is 6.34. The maximum atomic E-state index is 13.5. The zero-order valence-corrected chi connectivity index (χ0v) is 36.1. The second-order valence-electron chi connectivity index (χ2n) is 14.2. The first kappa shape index (κ1) is 51.1. The fourth-order valence-corrected chi connectivity index (χ4v) is 7.45. The zero-order valence-electron chi connectivity index (χ0n) is 35.3. The summed E-state index contributed by atoms with van der Waals surface area (Å²) in [6.07, 6.45) is -14.6. The van der Waals surface area contributed by atoms with E-state index in [1.54, 1.807) is 6.07 Å². The van der Waals surface area contributed by atoms with Crippen LogP contribution in [0.15, 0.2) is 35.2 Å². The van der Waals surface area contributed by atoms with Gasteiger partial charge in [0, 0.05) is 41.5 Å². The largest absolute Gasteiger partial charge is 0.463 e. The standard InChI is InChI=1S/C38H53N3O20S/c1-18(36(49)53-14-15-62(51,52)26-12-10-9-11-13-26)39-35(48)19(2)56-33-29(40-20(3)42)37(50)59-27(16-54-22(5)44)32(33)61-38-30(41-21(4)43)34(58-25(8)47)31(57-24(7)46)28(60-38)17-55-23(6)45/h9-13,18-19,27-34,37-38,50H,14-17H2,1-8H3,(H,39,48)(H,40,42)(H,41,43)/t18-,19+,27+,28+,29+,30+,31+,32?,33+,34+,37-,38-/m0/s1. The average Bonchev–Trinajstić information content (AvgIpc) is 3.17. The summed E-state index contributed by atoms with van der Waals surface area (Å²) in [5, 5.41) is 18.5. The SMILES string of the molecule is CC(=O)N[C@H]1[C@H](OC2[C@@H](COC(C)=O)O[C@H](O)[C@H](NC(C)=O)[C@H]2O[C@H](C)C(=O)N[C@@H](C)C(=O)OCCS(=O)(=O)c2ccccc2)O[C@H](COC(C)=O)[C@@H](OC(C)=O)[C@@H]1OC(C)=O. The van der Waals surface area contributed by atoms with Gasteiger partial charge in [-0.1, -0.05) is 18.2 Å². The predicted octanol–water partition coefficient (Wildman–Crippen LogP) is -1.89. The Hall–Kier alpha value is -5.27. The van der Waals surface area contributed by atoms with Crippen molar-refractivity contribution in [2.75, 3.05) is 25.6 Å². The number of carbonyl (C=O) groups excluding carboxylic acids is 8. The average molecular weight is 904 g/mol. The quantitative estimate of drug-likeness (QED) is 0.0871. The molecule has 1 unspecified atom stereocenters. The van der Waals surface area contributed by atoms with Crippen LogP contribution in [0.4, 0.5) is 0 Å². The van der Waals surface area contributed by atoms with Gasteiger partial charge in [0.2, 0.25) is 17.7 Å². The van der Waals surface area contributed by atoms with Crippen LogP contribution in [0, 0.1) is 0 Å². The zero-order chi connectivity index (χ0) is 46.5. The van der Waals surface area contributed by atoms with E-state index in [0.717, 1.165) is 41.5 Å². The topological polar surface area (TPSA) is 310 Å². The van der Waals surface area contributed by atoms with E-state index >= 15 is 0 Å². The lowest BCUT2D eigenvalue weighted by Gasteiger charge is -2.49. The highest BCUT2D eigenvalue weighted by molar-refractivity contribution is 7.91. The third kappa shape index (κ3) is 15.3. The normalized spacial score (nSPS) is 26.9. The van der Waals surface area contributed by atoms with Crippen LogP contribution in [0.5, 0.6) is 0 Å². The molecular formula is C38H53N3O20S. The molecule has 23 nitrogen and oxygen atoms in total. The lowest BCUT2D eigenvalue weighted by molar-refractivity contribution is -0.334. The maximum absolute atomic E-state index is 13.5. The summed E-state index contributed by atoms with van der Waals surface area (Å²) < 4.78 is 76.0. The van der Waals surface area contributed by atoms with Crippen molar-refractivity contribution in [3.05, 3.63) is 30.3 Å².